The molecule has 0 aromatic heterocycles. The van der Waals surface area contributed by atoms with Gasteiger partial charge in [-0.25, -0.2) is 0 Å². The highest BCUT2D eigenvalue weighted by atomic mass is 32.2. The highest BCUT2D eigenvalue weighted by molar-refractivity contribution is 7.99. The fraction of sp³-hybridized carbons (Fsp3) is 0.500. The molecule has 2 atom stereocenters. The normalized spacial score (nSPS) is 22.4. The Morgan fingerprint density at radius 3 is 3.00 bits per heavy atom. The second-order valence-corrected chi connectivity index (χ2v) is 6.29. The highest BCUT2D eigenvalue weighted by Crippen LogP contribution is 2.30. The van der Waals surface area contributed by atoms with Crippen LogP contribution in [-0.2, 0) is 0 Å². The van der Waals surface area contributed by atoms with Crippen molar-refractivity contribution in [3.05, 3.63) is 23.8 Å². The summed E-state index contributed by atoms with van der Waals surface area (Å²) in [4.78, 5) is 12.1. The largest absolute Gasteiger partial charge is 0.506 e. The number of hydrogen-bond acceptors (Lipinski definition) is 4. The van der Waals surface area contributed by atoms with Crippen LogP contribution in [0.1, 0.15) is 36.5 Å². The van der Waals surface area contributed by atoms with Gasteiger partial charge in [-0.2, -0.15) is 11.8 Å². The number of rotatable bonds is 4. The van der Waals surface area contributed by atoms with E-state index in [0.717, 1.165) is 25.0 Å². The minimum Gasteiger partial charge on any atom is -0.506 e. The predicted octanol–water partition coefficient (Wildman–Crippen LogP) is 2.38. The average molecular weight is 280 g/mol. The van der Waals surface area contributed by atoms with Crippen LogP contribution in [0.15, 0.2) is 18.2 Å². The van der Waals surface area contributed by atoms with Crippen molar-refractivity contribution in [1.29, 1.82) is 0 Å². The SMILES string of the molecule is CCSC1CCCC1NC(=O)c1ccc(N)c(O)c1. The zero-order chi connectivity index (χ0) is 13.8. The standard InChI is InChI=1S/C14H20N2O2S/c1-2-19-13-5-3-4-11(13)16-14(18)9-6-7-10(15)12(17)8-9/h6-8,11,13,17H,2-5,15H2,1H3,(H,16,18). The van der Waals surface area contributed by atoms with Gasteiger partial charge in [0.25, 0.3) is 5.91 Å². The molecular weight excluding hydrogens is 260 g/mol. The molecule has 1 aliphatic carbocycles. The molecule has 104 valence electrons. The highest BCUT2D eigenvalue weighted by Gasteiger charge is 2.28. The molecule has 0 heterocycles. The minimum atomic E-state index is -0.135. The Kier molecular flexibility index (Phi) is 4.58. The van der Waals surface area contributed by atoms with Gasteiger partial charge in [0.1, 0.15) is 5.75 Å². The van der Waals surface area contributed by atoms with Crippen molar-refractivity contribution in [1.82, 2.24) is 5.32 Å². The number of hydrogen-bond donors (Lipinski definition) is 3. The van der Waals surface area contributed by atoms with Crippen LogP contribution >= 0.6 is 11.8 Å². The summed E-state index contributed by atoms with van der Waals surface area (Å²) in [6.45, 7) is 2.14. The van der Waals surface area contributed by atoms with Crippen molar-refractivity contribution in [3.63, 3.8) is 0 Å². The predicted molar refractivity (Wildman–Crippen MR) is 79.5 cm³/mol. The molecule has 5 heteroatoms. The summed E-state index contributed by atoms with van der Waals surface area (Å²) in [5.74, 6) is 0.891. The number of anilines is 1. The van der Waals surface area contributed by atoms with Crippen LogP contribution in [0.4, 0.5) is 5.69 Å². The maximum Gasteiger partial charge on any atom is 0.251 e. The van der Waals surface area contributed by atoms with E-state index in [0.29, 0.717) is 10.8 Å². The van der Waals surface area contributed by atoms with E-state index in [-0.39, 0.29) is 23.4 Å². The van der Waals surface area contributed by atoms with E-state index in [1.54, 1.807) is 12.1 Å². The number of amides is 1. The molecule has 19 heavy (non-hydrogen) atoms. The van der Waals surface area contributed by atoms with Gasteiger partial charge in [0, 0.05) is 16.9 Å². The van der Waals surface area contributed by atoms with Gasteiger partial charge in [-0.15, -0.1) is 0 Å². The van der Waals surface area contributed by atoms with Crippen LogP contribution in [0.5, 0.6) is 5.75 Å². The number of benzene rings is 1. The number of carbonyl (C=O) groups excluding carboxylic acids is 1. The first kappa shape index (κ1) is 14.1. The molecule has 1 aliphatic rings. The van der Waals surface area contributed by atoms with Crippen LogP contribution in [0.2, 0.25) is 0 Å². The molecule has 0 bridgehead atoms. The molecule has 0 radical (unpaired) electrons. The Bertz CT molecular complexity index is 465. The number of phenolic OH excluding ortho intramolecular Hbond substituents is 1. The van der Waals surface area contributed by atoms with Gasteiger partial charge in [0.05, 0.1) is 5.69 Å². The lowest BCUT2D eigenvalue weighted by Crippen LogP contribution is -2.38. The zero-order valence-corrected chi connectivity index (χ0v) is 11.9. The van der Waals surface area contributed by atoms with Crippen molar-refractivity contribution in [2.75, 3.05) is 11.5 Å². The lowest BCUT2D eigenvalue weighted by Gasteiger charge is -2.20. The summed E-state index contributed by atoms with van der Waals surface area (Å²) in [6.07, 6.45) is 3.36. The van der Waals surface area contributed by atoms with E-state index >= 15 is 0 Å². The summed E-state index contributed by atoms with van der Waals surface area (Å²) in [6, 6.07) is 4.84. The van der Waals surface area contributed by atoms with Crippen LogP contribution in [0, 0.1) is 0 Å². The number of thioether (sulfide) groups is 1. The molecule has 0 aliphatic heterocycles. The van der Waals surface area contributed by atoms with E-state index in [9.17, 15) is 9.90 Å². The van der Waals surface area contributed by atoms with Gasteiger partial charge in [-0.05, 0) is 36.8 Å². The smallest absolute Gasteiger partial charge is 0.251 e. The zero-order valence-electron chi connectivity index (χ0n) is 11.1. The van der Waals surface area contributed by atoms with E-state index in [1.807, 2.05) is 11.8 Å². The number of phenols is 1. The van der Waals surface area contributed by atoms with Gasteiger partial charge in [-0.3, -0.25) is 4.79 Å². The molecule has 0 saturated heterocycles. The fourth-order valence-corrected chi connectivity index (χ4v) is 3.64. The quantitative estimate of drug-likeness (QED) is 0.584. The molecular formula is C14H20N2O2S. The molecule has 4 N–H and O–H groups in total. The first-order chi connectivity index (χ1) is 9.11. The molecule has 1 aromatic carbocycles. The van der Waals surface area contributed by atoms with Crippen molar-refractivity contribution in [2.24, 2.45) is 0 Å². The van der Waals surface area contributed by atoms with Gasteiger partial charge < -0.3 is 16.2 Å². The molecule has 1 fully saturated rings. The number of nitrogens with one attached hydrogen (secondary N) is 1. The Labute approximate surface area is 117 Å². The second kappa shape index (κ2) is 6.19. The summed E-state index contributed by atoms with van der Waals surface area (Å²) in [5, 5.41) is 13.1. The van der Waals surface area contributed by atoms with Gasteiger partial charge in [-0.1, -0.05) is 13.3 Å². The maximum absolute atomic E-state index is 12.1. The molecule has 0 spiro atoms. The summed E-state index contributed by atoms with van der Waals surface area (Å²) >= 11 is 1.91. The van der Waals surface area contributed by atoms with Gasteiger partial charge in [0.15, 0.2) is 0 Å². The molecule has 2 rings (SSSR count). The maximum atomic E-state index is 12.1. The molecule has 1 amide bonds. The topological polar surface area (TPSA) is 75.4 Å². The molecule has 1 aromatic rings. The van der Waals surface area contributed by atoms with Crippen LogP contribution in [0.3, 0.4) is 0 Å². The van der Waals surface area contributed by atoms with E-state index in [4.69, 9.17) is 5.73 Å². The van der Waals surface area contributed by atoms with Crippen molar-refractivity contribution in [2.45, 2.75) is 37.5 Å². The van der Waals surface area contributed by atoms with Crippen molar-refractivity contribution >= 4 is 23.4 Å². The lowest BCUT2D eigenvalue weighted by atomic mass is 10.1. The van der Waals surface area contributed by atoms with E-state index in [2.05, 4.69) is 12.2 Å². The summed E-state index contributed by atoms with van der Waals surface area (Å²) < 4.78 is 0. The lowest BCUT2D eigenvalue weighted by molar-refractivity contribution is 0.0938. The third kappa shape index (κ3) is 3.35. The van der Waals surface area contributed by atoms with E-state index in [1.165, 1.54) is 6.07 Å². The van der Waals surface area contributed by atoms with Crippen molar-refractivity contribution < 1.29 is 9.90 Å². The number of nitrogens with two attached hydrogens (primary N) is 1. The van der Waals surface area contributed by atoms with Gasteiger partial charge >= 0.3 is 0 Å². The van der Waals surface area contributed by atoms with Crippen molar-refractivity contribution in [3.8, 4) is 5.75 Å². The monoisotopic (exact) mass is 280 g/mol. The Morgan fingerprint density at radius 1 is 1.53 bits per heavy atom. The average Bonchev–Trinajstić information content (AvgIpc) is 2.80. The van der Waals surface area contributed by atoms with Gasteiger partial charge in [0.2, 0.25) is 0 Å². The molecule has 2 unspecified atom stereocenters. The number of nitrogen functional groups attached to an aromatic ring is 1. The Balaban J connectivity index is 2.02. The Morgan fingerprint density at radius 2 is 2.32 bits per heavy atom. The third-order valence-corrected chi connectivity index (χ3v) is 4.77. The summed E-state index contributed by atoms with van der Waals surface area (Å²) in [7, 11) is 0. The first-order valence-electron chi connectivity index (χ1n) is 6.62. The third-order valence-electron chi connectivity index (χ3n) is 3.44. The molecule has 1 saturated carbocycles. The summed E-state index contributed by atoms with van der Waals surface area (Å²) in [5.41, 5.74) is 6.28. The van der Waals surface area contributed by atoms with Crippen LogP contribution in [-0.4, -0.2) is 28.1 Å². The first-order valence-corrected chi connectivity index (χ1v) is 7.67. The van der Waals surface area contributed by atoms with Crippen LogP contribution in [0.25, 0.3) is 0 Å². The minimum absolute atomic E-state index is 0.0430. The second-order valence-electron chi connectivity index (χ2n) is 4.78. The molecule has 4 nitrogen and oxygen atoms in total. The number of carbonyl (C=O) groups is 1. The number of aromatic hydroxyl groups is 1. The Hall–Kier alpha value is -1.36. The fourth-order valence-electron chi connectivity index (χ4n) is 2.44. The van der Waals surface area contributed by atoms with E-state index < -0.39 is 0 Å². The van der Waals surface area contributed by atoms with Crippen LogP contribution < -0.4 is 11.1 Å².